The molecule has 0 bridgehead atoms. The summed E-state index contributed by atoms with van der Waals surface area (Å²) in [6.45, 7) is 15.0. The first-order valence-corrected chi connectivity index (χ1v) is 9.56. The summed E-state index contributed by atoms with van der Waals surface area (Å²) < 4.78 is 0. The van der Waals surface area contributed by atoms with Crippen molar-refractivity contribution in [2.75, 3.05) is 0 Å². The summed E-state index contributed by atoms with van der Waals surface area (Å²) in [5.74, 6) is 0.406. The van der Waals surface area contributed by atoms with E-state index in [1.165, 1.54) is 36.0 Å². The third-order valence-electron chi connectivity index (χ3n) is 5.04. The topological polar surface area (TPSA) is 17.1 Å². The van der Waals surface area contributed by atoms with Crippen LogP contribution in [-0.4, -0.2) is 5.78 Å². The molecule has 0 aromatic carbocycles. The minimum Gasteiger partial charge on any atom is -0.299 e. The molecule has 0 N–H and O–H groups in total. The summed E-state index contributed by atoms with van der Waals surface area (Å²) >= 11 is 0. The van der Waals surface area contributed by atoms with Crippen LogP contribution in [0.3, 0.4) is 0 Å². The van der Waals surface area contributed by atoms with E-state index >= 15 is 0 Å². The number of hydrogen-bond acceptors (Lipinski definition) is 1. The first-order chi connectivity index (χ1) is 11.6. The molecule has 0 spiro atoms. The zero-order chi connectivity index (χ0) is 19.0. The van der Waals surface area contributed by atoms with Gasteiger partial charge in [0.1, 0.15) is 5.78 Å². The van der Waals surface area contributed by atoms with E-state index in [0.717, 1.165) is 5.57 Å². The number of hydrogen-bond donors (Lipinski definition) is 0. The van der Waals surface area contributed by atoms with E-state index in [9.17, 15) is 4.79 Å². The molecule has 25 heavy (non-hydrogen) atoms. The zero-order valence-corrected chi connectivity index (χ0v) is 17.3. The maximum atomic E-state index is 11.6. The van der Waals surface area contributed by atoms with E-state index in [4.69, 9.17) is 0 Å². The van der Waals surface area contributed by atoms with Crippen molar-refractivity contribution < 1.29 is 4.79 Å². The van der Waals surface area contributed by atoms with E-state index in [0.29, 0.717) is 12.2 Å². The monoisotopic (exact) mass is 340 g/mol. The van der Waals surface area contributed by atoms with Gasteiger partial charge in [-0.3, -0.25) is 4.79 Å². The molecular weight excluding hydrogens is 304 g/mol. The Morgan fingerprint density at radius 2 is 1.84 bits per heavy atom. The Kier molecular flexibility index (Phi) is 8.35. The Bertz CT molecular complexity index is 618. The van der Waals surface area contributed by atoms with Gasteiger partial charge in [0, 0.05) is 12.3 Å². The molecule has 0 aromatic heterocycles. The van der Waals surface area contributed by atoms with Crippen molar-refractivity contribution >= 4 is 5.78 Å². The van der Waals surface area contributed by atoms with Crippen LogP contribution in [0.2, 0.25) is 0 Å². The highest BCUT2D eigenvalue weighted by Crippen LogP contribution is 2.40. The van der Waals surface area contributed by atoms with Gasteiger partial charge in [-0.15, -0.1) is 0 Å². The van der Waals surface area contributed by atoms with Crippen LogP contribution < -0.4 is 0 Å². The summed E-state index contributed by atoms with van der Waals surface area (Å²) in [4.78, 5) is 11.6. The van der Waals surface area contributed by atoms with E-state index < -0.39 is 0 Å². The standard InChI is InChI=1S/C24H36O/c1-18(2)23(25)16-14-20(4)11-8-10-19(3)13-15-22-21(5)12-9-17-24(22,6)7/h8,10-11,13-15,18H,9,12,16-17H2,1-7H3/b11-8+,15-13+,19-10+,20-14+. The molecule has 0 amide bonds. The quantitative estimate of drug-likeness (QED) is 0.450. The Morgan fingerprint density at radius 3 is 2.44 bits per heavy atom. The second-order valence-corrected chi connectivity index (χ2v) is 8.31. The van der Waals surface area contributed by atoms with E-state index in [1.807, 2.05) is 26.8 Å². The predicted molar refractivity (Wildman–Crippen MR) is 111 cm³/mol. The normalized spacial score (nSPS) is 19.5. The molecular formula is C24H36O. The number of rotatable bonds is 7. The van der Waals surface area contributed by atoms with Crippen molar-refractivity contribution in [2.24, 2.45) is 11.3 Å². The van der Waals surface area contributed by atoms with Gasteiger partial charge in [-0.2, -0.15) is 0 Å². The third kappa shape index (κ3) is 7.42. The predicted octanol–water partition coefficient (Wildman–Crippen LogP) is 7.13. The highest BCUT2D eigenvalue weighted by molar-refractivity contribution is 5.81. The molecule has 1 rings (SSSR count). The van der Waals surface area contributed by atoms with Crippen molar-refractivity contribution in [1.82, 2.24) is 0 Å². The lowest BCUT2D eigenvalue weighted by Gasteiger charge is -2.32. The van der Waals surface area contributed by atoms with Gasteiger partial charge in [-0.25, -0.2) is 0 Å². The summed E-state index contributed by atoms with van der Waals surface area (Å²) in [7, 11) is 0. The highest BCUT2D eigenvalue weighted by Gasteiger charge is 2.26. The Hall–Kier alpha value is -1.63. The molecule has 1 aliphatic rings. The van der Waals surface area contributed by atoms with E-state index in [1.54, 1.807) is 0 Å². The zero-order valence-electron chi connectivity index (χ0n) is 17.3. The molecule has 1 heteroatoms. The molecule has 0 radical (unpaired) electrons. The first-order valence-electron chi connectivity index (χ1n) is 9.56. The summed E-state index contributed by atoms with van der Waals surface area (Å²) in [5, 5.41) is 0. The van der Waals surface area contributed by atoms with Gasteiger partial charge in [-0.1, -0.05) is 80.9 Å². The minimum absolute atomic E-state index is 0.113. The fraction of sp³-hybridized carbons (Fsp3) is 0.542. The van der Waals surface area contributed by atoms with Crippen LogP contribution in [0.25, 0.3) is 0 Å². The molecule has 0 heterocycles. The lowest BCUT2D eigenvalue weighted by atomic mass is 9.72. The molecule has 138 valence electrons. The minimum atomic E-state index is 0.113. The van der Waals surface area contributed by atoms with Crippen molar-refractivity contribution in [3.63, 3.8) is 0 Å². The molecule has 0 aromatic rings. The summed E-state index contributed by atoms with van der Waals surface area (Å²) in [6.07, 6.45) is 17.1. The highest BCUT2D eigenvalue weighted by atomic mass is 16.1. The molecule has 0 saturated carbocycles. The molecule has 0 saturated heterocycles. The Labute approximate surface area is 155 Å². The SMILES string of the molecule is CC1=C(/C=C/C(C)=C/C=C/C(C)=C/CC(=O)C(C)C)C(C)(C)CCC1. The van der Waals surface area contributed by atoms with Crippen LogP contribution in [-0.2, 0) is 4.79 Å². The lowest BCUT2D eigenvalue weighted by Crippen LogP contribution is -2.19. The van der Waals surface area contributed by atoms with Crippen LogP contribution in [0.1, 0.15) is 74.1 Å². The average Bonchev–Trinajstić information content (AvgIpc) is 2.51. The molecule has 1 aliphatic carbocycles. The van der Waals surface area contributed by atoms with Crippen LogP contribution in [0, 0.1) is 11.3 Å². The maximum absolute atomic E-state index is 11.6. The van der Waals surface area contributed by atoms with Gasteiger partial charge in [0.05, 0.1) is 0 Å². The number of ketones is 1. The van der Waals surface area contributed by atoms with E-state index in [-0.39, 0.29) is 11.3 Å². The van der Waals surface area contributed by atoms with Crippen LogP contribution in [0.15, 0.2) is 58.7 Å². The van der Waals surface area contributed by atoms with Crippen LogP contribution in [0.4, 0.5) is 0 Å². The van der Waals surface area contributed by atoms with E-state index in [2.05, 4.69) is 58.1 Å². The molecule has 0 fully saturated rings. The fourth-order valence-electron chi connectivity index (χ4n) is 3.20. The van der Waals surface area contributed by atoms with Crippen LogP contribution in [0.5, 0.6) is 0 Å². The molecule has 0 aliphatic heterocycles. The molecule has 0 atom stereocenters. The van der Waals surface area contributed by atoms with Crippen LogP contribution >= 0.6 is 0 Å². The largest absolute Gasteiger partial charge is 0.299 e. The Balaban J connectivity index is 2.69. The van der Waals surface area contributed by atoms with Crippen molar-refractivity contribution in [3.05, 3.63) is 58.7 Å². The number of allylic oxidation sites excluding steroid dienone is 10. The molecule has 0 unspecified atom stereocenters. The van der Waals surface area contributed by atoms with Crippen molar-refractivity contribution in [2.45, 2.75) is 74.1 Å². The Morgan fingerprint density at radius 1 is 1.16 bits per heavy atom. The maximum Gasteiger partial charge on any atom is 0.139 e. The van der Waals surface area contributed by atoms with Crippen molar-refractivity contribution in [3.8, 4) is 0 Å². The van der Waals surface area contributed by atoms with Gasteiger partial charge in [0.2, 0.25) is 0 Å². The fourth-order valence-corrected chi connectivity index (χ4v) is 3.20. The number of Topliss-reactive ketones (excluding diaryl/α,β-unsaturated/α-hetero) is 1. The third-order valence-corrected chi connectivity index (χ3v) is 5.04. The lowest BCUT2D eigenvalue weighted by molar-refractivity contribution is -0.121. The van der Waals surface area contributed by atoms with Gasteiger partial charge in [0.15, 0.2) is 0 Å². The van der Waals surface area contributed by atoms with Crippen molar-refractivity contribution in [1.29, 1.82) is 0 Å². The number of carbonyl (C=O) groups is 1. The second-order valence-electron chi connectivity index (χ2n) is 8.31. The molecule has 1 nitrogen and oxygen atoms in total. The van der Waals surface area contributed by atoms with Gasteiger partial charge < -0.3 is 0 Å². The van der Waals surface area contributed by atoms with Gasteiger partial charge >= 0.3 is 0 Å². The number of carbonyl (C=O) groups excluding carboxylic acids is 1. The second kappa shape index (κ2) is 9.75. The summed E-state index contributed by atoms with van der Waals surface area (Å²) in [5.41, 5.74) is 5.69. The smallest absolute Gasteiger partial charge is 0.139 e. The summed E-state index contributed by atoms with van der Waals surface area (Å²) in [6, 6.07) is 0. The average molecular weight is 341 g/mol. The first kappa shape index (κ1) is 21.4. The van der Waals surface area contributed by atoms with Gasteiger partial charge in [-0.05, 0) is 51.0 Å². The van der Waals surface area contributed by atoms with Gasteiger partial charge in [0.25, 0.3) is 0 Å².